The van der Waals surface area contributed by atoms with Crippen LogP contribution in [0.5, 0.6) is 5.75 Å². The fraction of sp³-hybridized carbons (Fsp3) is 0.259. The largest absolute Gasteiger partial charge is 0.493 e. The van der Waals surface area contributed by atoms with E-state index in [-0.39, 0.29) is 42.8 Å². The van der Waals surface area contributed by atoms with Crippen molar-refractivity contribution in [1.82, 2.24) is 20.7 Å². The maximum atomic E-state index is 13.8. The molecule has 0 bridgehead atoms. The van der Waals surface area contributed by atoms with Crippen molar-refractivity contribution in [3.05, 3.63) is 101 Å². The lowest BCUT2D eigenvalue weighted by molar-refractivity contribution is -0.133. The van der Waals surface area contributed by atoms with Crippen LogP contribution < -0.4 is 15.5 Å². The van der Waals surface area contributed by atoms with Gasteiger partial charge in [-0.3, -0.25) is 14.6 Å². The summed E-state index contributed by atoms with van der Waals surface area (Å²) in [5.74, 6) is -1.12. The van der Waals surface area contributed by atoms with Gasteiger partial charge in [-0.25, -0.2) is 9.82 Å². The van der Waals surface area contributed by atoms with Gasteiger partial charge in [-0.15, -0.1) is 6.58 Å². The van der Waals surface area contributed by atoms with E-state index in [4.69, 9.17) is 9.47 Å². The van der Waals surface area contributed by atoms with Crippen LogP contribution in [0.4, 0.5) is 4.39 Å². The summed E-state index contributed by atoms with van der Waals surface area (Å²) in [7, 11) is 1.62. The van der Waals surface area contributed by atoms with Gasteiger partial charge in [0, 0.05) is 31.4 Å². The Hall–Kier alpha value is -4.15. The first-order chi connectivity index (χ1) is 17.9. The molecule has 4 rings (SSSR count). The normalized spacial score (nSPS) is 17.2. The number of fused-ring (bicyclic) bond motifs is 1. The molecule has 0 saturated carbocycles. The lowest BCUT2D eigenvalue weighted by Crippen LogP contribution is -2.55. The standard InChI is InChI=1S/C27H29FN4O5/c1-3-4-12-36-22-13-20(28)11-10-19(22)14-29-26(34)21-15-32-23(27(35)31(2)17-30-32)25(24(21)33)37-16-18-8-6-5-7-9-18/h3,5-11,13,15,24,30,33H,1,4,12,14,16-17H2,2H3,(H,29,34). The lowest BCUT2D eigenvalue weighted by Gasteiger charge is -2.39. The predicted octanol–water partition coefficient (Wildman–Crippen LogP) is 2.32. The summed E-state index contributed by atoms with van der Waals surface area (Å²) in [6.07, 6.45) is 2.16. The zero-order valence-corrected chi connectivity index (χ0v) is 20.4. The molecule has 0 radical (unpaired) electrons. The zero-order valence-electron chi connectivity index (χ0n) is 20.4. The number of nitrogens with zero attached hydrogens (tertiary/aromatic N) is 2. The Bertz CT molecular complexity index is 1230. The Morgan fingerprint density at radius 2 is 2.05 bits per heavy atom. The number of hydrogen-bond donors (Lipinski definition) is 3. The van der Waals surface area contributed by atoms with Crippen LogP contribution in [0.1, 0.15) is 17.5 Å². The van der Waals surface area contributed by atoms with Gasteiger partial charge in [0.25, 0.3) is 11.8 Å². The molecule has 2 aromatic carbocycles. The number of carbonyl (C=O) groups is 2. The van der Waals surface area contributed by atoms with E-state index in [2.05, 4.69) is 17.3 Å². The molecule has 2 heterocycles. The first kappa shape index (κ1) is 25.9. The molecule has 3 N–H and O–H groups in total. The molecule has 0 aromatic heterocycles. The molecule has 0 aliphatic carbocycles. The number of aliphatic hydroxyl groups is 1. The molecule has 1 atom stereocenters. The summed E-state index contributed by atoms with van der Waals surface area (Å²) < 4.78 is 25.3. The van der Waals surface area contributed by atoms with Crippen LogP contribution >= 0.6 is 0 Å². The monoisotopic (exact) mass is 508 g/mol. The Labute approximate surface area is 214 Å². The highest BCUT2D eigenvalue weighted by molar-refractivity contribution is 5.99. The van der Waals surface area contributed by atoms with Crippen molar-refractivity contribution in [1.29, 1.82) is 0 Å². The number of carbonyl (C=O) groups excluding carboxylic acids is 2. The van der Waals surface area contributed by atoms with Gasteiger partial charge in [-0.1, -0.05) is 42.5 Å². The van der Waals surface area contributed by atoms with E-state index in [1.54, 1.807) is 13.1 Å². The Kier molecular flexibility index (Phi) is 8.22. The minimum absolute atomic E-state index is 0.0205. The van der Waals surface area contributed by atoms with Crippen LogP contribution in [0.25, 0.3) is 0 Å². The SMILES string of the molecule is C=CCCOc1cc(F)ccc1CNC(=O)C1=CN2NCN(C)C(=O)C2=C(OCc2ccccc2)C1O. The predicted molar refractivity (Wildman–Crippen MR) is 134 cm³/mol. The highest BCUT2D eigenvalue weighted by atomic mass is 19.1. The topological polar surface area (TPSA) is 103 Å². The third kappa shape index (κ3) is 5.99. The molecule has 1 fully saturated rings. The van der Waals surface area contributed by atoms with E-state index in [1.807, 2.05) is 30.3 Å². The highest BCUT2D eigenvalue weighted by Crippen LogP contribution is 2.30. The second-order valence-electron chi connectivity index (χ2n) is 8.52. The summed E-state index contributed by atoms with van der Waals surface area (Å²) in [4.78, 5) is 27.5. The van der Waals surface area contributed by atoms with Gasteiger partial charge in [0.1, 0.15) is 24.3 Å². The molecule has 0 spiro atoms. The molecular weight excluding hydrogens is 479 g/mol. The lowest BCUT2D eigenvalue weighted by atomic mass is 10.0. The van der Waals surface area contributed by atoms with E-state index < -0.39 is 17.8 Å². The fourth-order valence-electron chi connectivity index (χ4n) is 3.84. The molecule has 194 valence electrons. The van der Waals surface area contributed by atoms with Crippen LogP contribution in [-0.4, -0.2) is 53.3 Å². The number of halogens is 1. The average Bonchev–Trinajstić information content (AvgIpc) is 2.90. The number of hydrogen-bond acceptors (Lipinski definition) is 7. The van der Waals surface area contributed by atoms with Gasteiger partial charge in [0.05, 0.1) is 18.8 Å². The van der Waals surface area contributed by atoms with E-state index >= 15 is 0 Å². The van der Waals surface area contributed by atoms with E-state index in [0.717, 1.165) is 5.56 Å². The summed E-state index contributed by atoms with van der Waals surface area (Å²) in [5.41, 5.74) is 4.49. The number of rotatable bonds is 10. The van der Waals surface area contributed by atoms with Gasteiger partial charge in [0.2, 0.25) is 0 Å². The number of hydrazine groups is 1. The molecule has 2 aliphatic heterocycles. The molecule has 2 amide bonds. The number of aliphatic hydroxyl groups excluding tert-OH is 1. The molecule has 2 aromatic rings. The van der Waals surface area contributed by atoms with Gasteiger partial charge in [-0.05, 0) is 18.1 Å². The van der Waals surface area contributed by atoms with Crippen LogP contribution in [0, 0.1) is 5.82 Å². The molecule has 2 aliphatic rings. The minimum Gasteiger partial charge on any atom is -0.493 e. The Morgan fingerprint density at radius 3 is 2.81 bits per heavy atom. The minimum atomic E-state index is -1.48. The van der Waals surface area contributed by atoms with E-state index in [9.17, 15) is 19.1 Å². The second-order valence-corrected chi connectivity index (χ2v) is 8.52. The number of benzene rings is 2. The van der Waals surface area contributed by atoms with Crippen molar-refractivity contribution in [3.63, 3.8) is 0 Å². The van der Waals surface area contributed by atoms with Gasteiger partial charge >= 0.3 is 0 Å². The quantitative estimate of drug-likeness (QED) is 0.334. The zero-order chi connectivity index (χ0) is 26.4. The summed E-state index contributed by atoms with van der Waals surface area (Å²) >= 11 is 0. The van der Waals surface area contributed by atoms with Crippen LogP contribution in [0.3, 0.4) is 0 Å². The molecular formula is C27H29FN4O5. The molecule has 10 heteroatoms. The van der Waals surface area contributed by atoms with Crippen molar-refractivity contribution in [2.75, 3.05) is 20.3 Å². The van der Waals surface area contributed by atoms with Crippen molar-refractivity contribution in [2.24, 2.45) is 0 Å². The van der Waals surface area contributed by atoms with E-state index in [0.29, 0.717) is 24.3 Å². The first-order valence-corrected chi connectivity index (χ1v) is 11.8. The van der Waals surface area contributed by atoms with Crippen LogP contribution in [-0.2, 0) is 27.5 Å². The van der Waals surface area contributed by atoms with Gasteiger partial charge in [-0.2, -0.15) is 0 Å². The van der Waals surface area contributed by atoms with Crippen LogP contribution in [0.15, 0.2) is 84.4 Å². The maximum Gasteiger partial charge on any atom is 0.276 e. The fourth-order valence-corrected chi connectivity index (χ4v) is 3.84. The number of nitrogens with one attached hydrogen (secondary N) is 2. The summed E-state index contributed by atoms with van der Waals surface area (Å²) in [6.45, 7) is 4.28. The van der Waals surface area contributed by atoms with Crippen molar-refractivity contribution >= 4 is 11.8 Å². The first-order valence-electron chi connectivity index (χ1n) is 11.8. The Morgan fingerprint density at radius 1 is 1.27 bits per heavy atom. The summed E-state index contributed by atoms with van der Waals surface area (Å²) in [5, 5.41) is 15.3. The number of likely N-dealkylation sites (N-methyl/N-ethyl adjacent to an activating group) is 1. The maximum absolute atomic E-state index is 13.8. The average molecular weight is 509 g/mol. The Balaban J connectivity index is 1.52. The molecule has 1 saturated heterocycles. The number of ether oxygens (including phenoxy) is 2. The van der Waals surface area contributed by atoms with Crippen LogP contribution in [0.2, 0.25) is 0 Å². The number of amides is 2. The highest BCUT2D eigenvalue weighted by Gasteiger charge is 2.40. The van der Waals surface area contributed by atoms with E-state index in [1.165, 1.54) is 34.3 Å². The molecule has 37 heavy (non-hydrogen) atoms. The molecule has 1 unspecified atom stereocenters. The third-order valence-electron chi connectivity index (χ3n) is 5.86. The van der Waals surface area contributed by atoms with Gasteiger partial charge in [0.15, 0.2) is 11.5 Å². The molecule has 9 nitrogen and oxygen atoms in total. The van der Waals surface area contributed by atoms with Crippen molar-refractivity contribution < 1.29 is 28.6 Å². The smallest absolute Gasteiger partial charge is 0.276 e. The summed E-state index contributed by atoms with van der Waals surface area (Å²) in [6, 6.07) is 13.3. The van der Waals surface area contributed by atoms with Gasteiger partial charge < -0.3 is 24.8 Å². The third-order valence-corrected chi connectivity index (χ3v) is 5.86. The second kappa shape index (κ2) is 11.7. The van der Waals surface area contributed by atoms with Crippen molar-refractivity contribution in [3.8, 4) is 5.75 Å². The van der Waals surface area contributed by atoms with Crippen molar-refractivity contribution in [2.45, 2.75) is 25.7 Å².